The Bertz CT molecular complexity index is 363. The third-order valence-corrected chi connectivity index (χ3v) is 4.04. The van der Waals surface area contributed by atoms with Gasteiger partial charge < -0.3 is 10.5 Å². The number of rotatable bonds is 3. The van der Waals surface area contributed by atoms with Gasteiger partial charge >= 0.3 is 0 Å². The van der Waals surface area contributed by atoms with E-state index in [1.807, 2.05) is 0 Å². The molecule has 1 aromatic rings. The molecule has 4 heteroatoms. The van der Waals surface area contributed by atoms with E-state index in [4.69, 9.17) is 10.5 Å². The molecule has 0 radical (unpaired) electrons. The highest BCUT2D eigenvalue weighted by atomic mass is 79.9. The summed E-state index contributed by atoms with van der Waals surface area (Å²) >= 11 is 3.44. The molecule has 0 saturated heterocycles. The quantitative estimate of drug-likeness (QED) is 0.924. The molecule has 2 atom stereocenters. The van der Waals surface area contributed by atoms with E-state index >= 15 is 0 Å². The molecule has 1 aromatic heterocycles. The molecule has 0 bridgehead atoms. The molecule has 1 aliphatic rings. The second-order valence-corrected chi connectivity index (χ2v) is 5.57. The fourth-order valence-corrected chi connectivity index (χ4v) is 2.89. The molecule has 0 spiro atoms. The van der Waals surface area contributed by atoms with Crippen molar-refractivity contribution in [1.82, 2.24) is 4.98 Å². The van der Waals surface area contributed by atoms with Crippen LogP contribution in [0, 0.1) is 5.92 Å². The maximum Gasteiger partial charge on any atom is 0.159 e. The number of nitrogens with two attached hydrogens (primary N) is 1. The van der Waals surface area contributed by atoms with Gasteiger partial charge in [0.1, 0.15) is 0 Å². The summed E-state index contributed by atoms with van der Waals surface area (Å²) in [5.41, 5.74) is 6.50. The van der Waals surface area contributed by atoms with Crippen LogP contribution in [-0.4, -0.2) is 11.1 Å². The topological polar surface area (TPSA) is 48.1 Å². The Hall–Kier alpha value is -0.770. The Balaban J connectivity index is 2.05. The molecule has 1 aliphatic carbocycles. The number of pyridine rings is 1. The van der Waals surface area contributed by atoms with Crippen molar-refractivity contribution in [2.24, 2.45) is 5.92 Å². The number of hydrogen-bond acceptors (Lipinski definition) is 3. The number of ether oxygens (including phenoxy) is 1. The zero-order valence-electron chi connectivity index (χ0n) is 10.2. The van der Waals surface area contributed by atoms with E-state index in [2.05, 4.69) is 27.8 Å². The fraction of sp³-hybridized carbons (Fsp3) is 0.615. The number of halogens is 1. The van der Waals surface area contributed by atoms with Crippen LogP contribution in [0.1, 0.15) is 39.0 Å². The van der Waals surface area contributed by atoms with Gasteiger partial charge in [-0.3, -0.25) is 4.98 Å². The molecule has 0 amide bonds. The van der Waals surface area contributed by atoms with Gasteiger partial charge in [0.15, 0.2) is 5.75 Å². The lowest BCUT2D eigenvalue weighted by Gasteiger charge is -2.29. The van der Waals surface area contributed by atoms with E-state index in [-0.39, 0.29) is 0 Å². The van der Waals surface area contributed by atoms with Crippen molar-refractivity contribution < 1.29 is 4.74 Å². The Labute approximate surface area is 111 Å². The van der Waals surface area contributed by atoms with Crippen LogP contribution in [-0.2, 0) is 0 Å². The fourth-order valence-electron chi connectivity index (χ4n) is 2.45. The zero-order valence-corrected chi connectivity index (χ0v) is 11.7. The molecule has 94 valence electrons. The van der Waals surface area contributed by atoms with E-state index < -0.39 is 0 Å². The Morgan fingerprint density at radius 3 is 3.00 bits per heavy atom. The van der Waals surface area contributed by atoms with E-state index in [0.29, 0.717) is 11.8 Å². The van der Waals surface area contributed by atoms with Crippen molar-refractivity contribution in [2.45, 2.75) is 45.1 Å². The lowest BCUT2D eigenvalue weighted by molar-refractivity contribution is 0.122. The van der Waals surface area contributed by atoms with Gasteiger partial charge in [-0.05, 0) is 41.1 Å². The van der Waals surface area contributed by atoms with Gasteiger partial charge in [-0.1, -0.05) is 19.8 Å². The van der Waals surface area contributed by atoms with E-state index in [0.717, 1.165) is 29.0 Å². The summed E-state index contributed by atoms with van der Waals surface area (Å²) in [6, 6.07) is 0. The van der Waals surface area contributed by atoms with Crippen molar-refractivity contribution in [3.8, 4) is 5.75 Å². The molecule has 2 unspecified atom stereocenters. The van der Waals surface area contributed by atoms with Crippen LogP contribution in [0.5, 0.6) is 5.75 Å². The number of nitrogen functional groups attached to an aromatic ring is 1. The van der Waals surface area contributed by atoms with Crippen molar-refractivity contribution >= 4 is 21.6 Å². The highest BCUT2D eigenvalue weighted by molar-refractivity contribution is 9.10. The molecule has 3 nitrogen and oxygen atoms in total. The summed E-state index contributed by atoms with van der Waals surface area (Å²) in [6.07, 6.45) is 9.78. The van der Waals surface area contributed by atoms with E-state index in [1.165, 1.54) is 19.3 Å². The van der Waals surface area contributed by atoms with E-state index in [1.54, 1.807) is 12.4 Å². The normalized spacial score (nSPS) is 24.6. The summed E-state index contributed by atoms with van der Waals surface area (Å²) in [5.74, 6) is 1.55. The van der Waals surface area contributed by atoms with Gasteiger partial charge in [0.05, 0.1) is 22.5 Å². The van der Waals surface area contributed by atoms with E-state index in [9.17, 15) is 0 Å². The van der Waals surface area contributed by atoms with Crippen molar-refractivity contribution in [1.29, 1.82) is 0 Å². The maximum absolute atomic E-state index is 6.04. The van der Waals surface area contributed by atoms with Crippen LogP contribution in [0.4, 0.5) is 5.69 Å². The average Bonchev–Trinajstić information content (AvgIpc) is 2.34. The summed E-state index contributed by atoms with van der Waals surface area (Å²) in [5, 5.41) is 0. The van der Waals surface area contributed by atoms with Gasteiger partial charge in [0.2, 0.25) is 0 Å². The molecule has 2 rings (SSSR count). The molecule has 1 saturated carbocycles. The predicted octanol–water partition coefficient (Wildman–Crippen LogP) is 3.77. The Morgan fingerprint density at radius 2 is 2.29 bits per heavy atom. The first kappa shape index (κ1) is 12.7. The van der Waals surface area contributed by atoms with Gasteiger partial charge in [0, 0.05) is 6.20 Å². The van der Waals surface area contributed by atoms with Crippen molar-refractivity contribution in [3.05, 3.63) is 16.9 Å². The number of aromatic nitrogens is 1. The molecule has 0 aliphatic heterocycles. The Kier molecular flexibility index (Phi) is 4.26. The largest absolute Gasteiger partial charge is 0.487 e. The van der Waals surface area contributed by atoms with Crippen LogP contribution in [0.25, 0.3) is 0 Å². The number of hydrogen-bond donors (Lipinski definition) is 1. The molecule has 1 heterocycles. The van der Waals surface area contributed by atoms with Gasteiger partial charge in [0.25, 0.3) is 0 Å². The number of nitrogens with zero attached hydrogens (tertiary/aromatic N) is 1. The second kappa shape index (κ2) is 5.71. The van der Waals surface area contributed by atoms with Gasteiger partial charge in [-0.25, -0.2) is 0 Å². The first-order chi connectivity index (χ1) is 8.20. The first-order valence-electron chi connectivity index (χ1n) is 6.26. The summed E-state index contributed by atoms with van der Waals surface area (Å²) in [7, 11) is 0. The minimum Gasteiger partial charge on any atom is -0.487 e. The minimum absolute atomic E-state index is 0.301. The highest BCUT2D eigenvalue weighted by Crippen LogP contribution is 2.35. The first-order valence-corrected chi connectivity index (χ1v) is 7.05. The standard InChI is InChI=1S/C13H19BrN2O/c1-2-9-4-3-5-10(6-9)17-13-11(14)7-16-8-12(13)15/h7-10H,2-6,15H2,1H3. The molecular formula is C13H19BrN2O. The maximum atomic E-state index is 6.04. The molecule has 1 fully saturated rings. The zero-order chi connectivity index (χ0) is 12.3. The van der Waals surface area contributed by atoms with Crippen LogP contribution < -0.4 is 10.5 Å². The monoisotopic (exact) mass is 298 g/mol. The summed E-state index contributed by atoms with van der Waals surface area (Å²) in [4.78, 5) is 4.02. The van der Waals surface area contributed by atoms with Crippen LogP contribution in [0.2, 0.25) is 0 Å². The van der Waals surface area contributed by atoms with Gasteiger partial charge in [-0.2, -0.15) is 0 Å². The smallest absolute Gasteiger partial charge is 0.159 e. The summed E-state index contributed by atoms with van der Waals surface area (Å²) < 4.78 is 6.88. The average molecular weight is 299 g/mol. The SMILES string of the molecule is CCC1CCCC(Oc2c(N)cncc2Br)C1. The highest BCUT2D eigenvalue weighted by Gasteiger charge is 2.23. The van der Waals surface area contributed by atoms with Gasteiger partial charge in [-0.15, -0.1) is 0 Å². The minimum atomic E-state index is 0.301. The molecular weight excluding hydrogens is 280 g/mol. The second-order valence-electron chi connectivity index (χ2n) is 4.72. The molecule has 0 aromatic carbocycles. The van der Waals surface area contributed by atoms with Crippen LogP contribution in [0.15, 0.2) is 16.9 Å². The lowest BCUT2D eigenvalue weighted by atomic mass is 9.85. The summed E-state index contributed by atoms with van der Waals surface area (Å²) in [6.45, 7) is 2.25. The molecule has 17 heavy (non-hydrogen) atoms. The third-order valence-electron chi connectivity index (χ3n) is 3.48. The Morgan fingerprint density at radius 1 is 1.47 bits per heavy atom. The number of anilines is 1. The predicted molar refractivity (Wildman–Crippen MR) is 73.0 cm³/mol. The van der Waals surface area contributed by atoms with Crippen molar-refractivity contribution in [2.75, 3.05) is 5.73 Å². The van der Waals surface area contributed by atoms with Crippen molar-refractivity contribution in [3.63, 3.8) is 0 Å². The van der Waals surface area contributed by atoms with Crippen LogP contribution in [0.3, 0.4) is 0 Å². The third kappa shape index (κ3) is 3.12. The van der Waals surface area contributed by atoms with Crippen LogP contribution >= 0.6 is 15.9 Å². The lowest BCUT2D eigenvalue weighted by Crippen LogP contribution is -2.25. The molecule has 2 N–H and O–H groups in total.